The number of nitrogens with zero attached hydrogens (tertiary/aromatic N) is 2. The van der Waals surface area contributed by atoms with Crippen molar-refractivity contribution in [3.8, 4) is 28.1 Å². The average Bonchev–Trinajstić information content (AvgIpc) is 3.35. The lowest BCUT2D eigenvalue weighted by Gasteiger charge is -2.20. The zero-order chi connectivity index (χ0) is 31.5. The molecular weight excluding hydrogens is 579 g/mol. The van der Waals surface area contributed by atoms with Crippen LogP contribution in [0.15, 0.2) is 54.7 Å². The summed E-state index contributed by atoms with van der Waals surface area (Å²) in [7, 11) is 1.25. The highest BCUT2D eigenvalue weighted by Crippen LogP contribution is 2.38. The number of ether oxygens (including phenoxy) is 2. The Morgan fingerprint density at radius 1 is 1.20 bits per heavy atom. The zero-order valence-electron chi connectivity index (χ0n) is 24.1. The summed E-state index contributed by atoms with van der Waals surface area (Å²) in [4.78, 5) is 32.9. The number of carbonyl (C=O) groups is 2. The van der Waals surface area contributed by atoms with Crippen molar-refractivity contribution in [1.29, 1.82) is 0 Å². The number of rotatable bonds is 5. The number of amides is 2. The molecule has 4 aromatic rings. The van der Waals surface area contributed by atoms with Crippen LogP contribution in [-0.2, 0) is 9.53 Å². The van der Waals surface area contributed by atoms with Gasteiger partial charge in [-0.1, -0.05) is 13.0 Å². The number of H-pyrrole nitrogens is 1. The van der Waals surface area contributed by atoms with E-state index in [-0.39, 0.29) is 35.1 Å². The molecule has 230 valence electrons. The first kappa shape index (κ1) is 30.4. The molecule has 2 aromatic heterocycles. The molecule has 3 N–H and O–H groups in total. The maximum absolute atomic E-state index is 14.8. The van der Waals surface area contributed by atoms with Gasteiger partial charge in [0.2, 0.25) is 11.6 Å². The van der Waals surface area contributed by atoms with Crippen LogP contribution >= 0.6 is 0 Å². The minimum Gasteiger partial charge on any atom is -0.618 e. The minimum absolute atomic E-state index is 0.0249. The molecule has 0 aliphatic carbocycles. The first-order valence-corrected chi connectivity index (χ1v) is 13.9. The molecule has 1 aliphatic heterocycles. The lowest BCUT2D eigenvalue weighted by Crippen LogP contribution is -2.34. The SMILES string of the molecule is COC(=O)Nc1ccc2c(c1)NC(=O)CC[C@H](C)C[C@H](c1ccc(-c3c(F)cccc3OC(F)F)c[n+]1[O-])c1nc-2c(C)[nH]1. The summed E-state index contributed by atoms with van der Waals surface area (Å²) in [5.41, 5.74) is 2.76. The van der Waals surface area contributed by atoms with Crippen molar-refractivity contribution in [3.63, 3.8) is 0 Å². The van der Waals surface area contributed by atoms with Gasteiger partial charge in [0.1, 0.15) is 23.3 Å². The molecule has 10 nitrogen and oxygen atoms in total. The molecule has 0 saturated heterocycles. The standard InChI is InChI=1S/C31H30F3N5O5/c1-16-7-12-26(40)37-23-14-19(36-31(41)43-3)9-10-20(23)28-17(2)35-29(38-28)21(13-16)24-11-8-18(15-39(24)42)27-22(32)5-4-6-25(27)44-30(33)34/h4-6,8-11,14-16,21,30H,7,12-13H2,1-3H3,(H,35,38)(H,36,41)(H,37,40)/t16-,21+/m0/s1. The summed E-state index contributed by atoms with van der Waals surface area (Å²) in [6.07, 6.45) is 1.63. The van der Waals surface area contributed by atoms with Gasteiger partial charge in [-0.15, -0.1) is 0 Å². The van der Waals surface area contributed by atoms with E-state index in [0.29, 0.717) is 57.4 Å². The summed E-state index contributed by atoms with van der Waals surface area (Å²) < 4.78 is 50.5. The number of halogens is 3. The highest BCUT2D eigenvalue weighted by molar-refractivity contribution is 5.97. The van der Waals surface area contributed by atoms with Crippen molar-refractivity contribution in [2.45, 2.75) is 45.6 Å². The number of aryl methyl sites for hydroxylation is 1. The zero-order valence-corrected chi connectivity index (χ0v) is 24.1. The molecule has 1 aliphatic rings. The van der Waals surface area contributed by atoms with Gasteiger partial charge in [0.05, 0.1) is 29.6 Å². The molecule has 3 heterocycles. The van der Waals surface area contributed by atoms with Gasteiger partial charge in [0.25, 0.3) is 0 Å². The summed E-state index contributed by atoms with van der Waals surface area (Å²) in [5.74, 6) is -1.50. The van der Waals surface area contributed by atoms with Gasteiger partial charge in [-0.25, -0.2) is 14.2 Å². The van der Waals surface area contributed by atoms with Crippen molar-refractivity contribution in [2.24, 2.45) is 5.92 Å². The molecule has 2 aromatic carbocycles. The van der Waals surface area contributed by atoms with E-state index in [1.54, 1.807) is 18.2 Å². The Hall–Kier alpha value is -5.07. The molecule has 44 heavy (non-hydrogen) atoms. The normalized spacial score (nSPS) is 16.8. The Balaban J connectivity index is 1.58. The first-order chi connectivity index (χ1) is 21.0. The fraction of sp³-hybridized carbons (Fsp3) is 0.290. The highest BCUT2D eigenvalue weighted by atomic mass is 19.3. The third-order valence-corrected chi connectivity index (χ3v) is 7.50. The van der Waals surface area contributed by atoms with Gasteiger partial charge in [0, 0.05) is 29.4 Å². The largest absolute Gasteiger partial charge is 0.618 e. The van der Waals surface area contributed by atoms with E-state index < -0.39 is 24.4 Å². The van der Waals surface area contributed by atoms with Crippen LogP contribution in [0.25, 0.3) is 22.4 Å². The van der Waals surface area contributed by atoms with E-state index in [1.165, 1.54) is 31.4 Å². The summed E-state index contributed by atoms with van der Waals surface area (Å²) in [6.45, 7) is 0.604. The molecule has 13 heteroatoms. The van der Waals surface area contributed by atoms with Crippen molar-refractivity contribution < 1.29 is 37.0 Å². The number of nitrogens with one attached hydrogen (secondary N) is 3. The smallest absolute Gasteiger partial charge is 0.411 e. The van der Waals surface area contributed by atoms with Crippen molar-refractivity contribution in [1.82, 2.24) is 9.97 Å². The van der Waals surface area contributed by atoms with Crippen LogP contribution in [0.4, 0.5) is 29.3 Å². The summed E-state index contributed by atoms with van der Waals surface area (Å²) >= 11 is 0. The number of alkyl halides is 2. The molecule has 2 amide bonds. The topological polar surface area (TPSA) is 132 Å². The third kappa shape index (κ3) is 6.46. The van der Waals surface area contributed by atoms with Crippen LogP contribution in [0.1, 0.15) is 49.3 Å². The summed E-state index contributed by atoms with van der Waals surface area (Å²) in [6, 6.07) is 11.5. The third-order valence-electron chi connectivity index (χ3n) is 7.50. The molecular formula is C31H30F3N5O5. The second-order valence-corrected chi connectivity index (χ2v) is 10.6. The van der Waals surface area contributed by atoms with E-state index >= 15 is 0 Å². The van der Waals surface area contributed by atoms with Crippen LogP contribution < -0.4 is 20.1 Å². The van der Waals surface area contributed by atoms with E-state index in [0.717, 1.165) is 12.3 Å². The van der Waals surface area contributed by atoms with Gasteiger partial charge in [-0.3, -0.25) is 10.1 Å². The van der Waals surface area contributed by atoms with Gasteiger partial charge >= 0.3 is 12.7 Å². The Bertz CT molecular complexity index is 1710. The summed E-state index contributed by atoms with van der Waals surface area (Å²) in [5, 5.41) is 19.0. The van der Waals surface area contributed by atoms with Crippen molar-refractivity contribution in [3.05, 3.63) is 83.0 Å². The Labute approximate surface area is 250 Å². The van der Waals surface area contributed by atoms with Crippen molar-refractivity contribution in [2.75, 3.05) is 17.7 Å². The molecule has 2 bridgehead atoms. The quantitative estimate of drug-likeness (QED) is 0.175. The Morgan fingerprint density at radius 2 is 2.00 bits per heavy atom. The number of aromatic nitrogens is 3. The van der Waals surface area contributed by atoms with E-state index in [1.807, 2.05) is 13.8 Å². The lowest BCUT2D eigenvalue weighted by atomic mass is 9.88. The fourth-order valence-electron chi connectivity index (χ4n) is 5.38. The molecule has 0 unspecified atom stereocenters. The first-order valence-electron chi connectivity index (χ1n) is 13.9. The van der Waals surface area contributed by atoms with Gasteiger partial charge < -0.3 is 25.0 Å². The number of methoxy groups -OCH3 is 1. The van der Waals surface area contributed by atoms with Gasteiger partial charge in [0.15, 0.2) is 6.20 Å². The number of benzene rings is 2. The van der Waals surface area contributed by atoms with Crippen molar-refractivity contribution >= 4 is 23.4 Å². The second-order valence-electron chi connectivity index (χ2n) is 10.6. The number of hydrogen-bond donors (Lipinski definition) is 3. The molecule has 2 atom stereocenters. The maximum atomic E-state index is 14.8. The van der Waals surface area contributed by atoms with Crippen LogP contribution in [0.3, 0.4) is 0 Å². The van der Waals surface area contributed by atoms with Crippen LogP contribution in [-0.4, -0.2) is 35.7 Å². The van der Waals surface area contributed by atoms with Gasteiger partial charge in [-0.05, 0) is 62.1 Å². The monoisotopic (exact) mass is 609 g/mol. The van der Waals surface area contributed by atoms with E-state index in [2.05, 4.69) is 25.1 Å². The molecule has 0 saturated carbocycles. The number of fused-ring (bicyclic) bond motifs is 4. The fourth-order valence-corrected chi connectivity index (χ4v) is 5.38. The van der Waals surface area contributed by atoms with Crippen LogP contribution in [0, 0.1) is 23.9 Å². The molecule has 0 spiro atoms. The number of carbonyl (C=O) groups excluding carboxylic acids is 2. The van der Waals surface area contributed by atoms with Gasteiger partial charge in [-0.2, -0.15) is 13.5 Å². The molecule has 0 radical (unpaired) electrons. The molecule has 5 rings (SSSR count). The number of imidazole rings is 1. The lowest BCUT2D eigenvalue weighted by molar-refractivity contribution is -0.614. The maximum Gasteiger partial charge on any atom is 0.411 e. The highest BCUT2D eigenvalue weighted by Gasteiger charge is 2.30. The van der Waals surface area contributed by atoms with Crippen LogP contribution in [0.5, 0.6) is 5.75 Å². The van der Waals surface area contributed by atoms with E-state index in [9.17, 15) is 28.0 Å². The van der Waals surface area contributed by atoms with E-state index in [4.69, 9.17) is 4.98 Å². The minimum atomic E-state index is -3.17. The number of hydrogen-bond acceptors (Lipinski definition) is 6. The Morgan fingerprint density at radius 3 is 2.73 bits per heavy atom. The van der Waals surface area contributed by atoms with Crippen LogP contribution in [0.2, 0.25) is 0 Å². The number of pyridine rings is 1. The Kier molecular flexibility index (Phi) is 8.74. The predicted molar refractivity (Wildman–Crippen MR) is 156 cm³/mol. The number of anilines is 2. The predicted octanol–water partition coefficient (Wildman–Crippen LogP) is 6.49. The average molecular weight is 610 g/mol. The second kappa shape index (κ2) is 12.7. The molecule has 0 fully saturated rings. The number of aromatic amines is 1.